The number of sulfonamides is 1. The highest BCUT2D eigenvalue weighted by atomic mass is 32.2. The van der Waals surface area contributed by atoms with E-state index in [9.17, 15) is 18.0 Å². The van der Waals surface area contributed by atoms with Gasteiger partial charge in [0, 0.05) is 13.1 Å². The van der Waals surface area contributed by atoms with E-state index in [0.29, 0.717) is 31.0 Å². The Hall–Kier alpha value is -3.85. The highest BCUT2D eigenvalue weighted by Crippen LogP contribution is 2.23. The summed E-state index contributed by atoms with van der Waals surface area (Å²) in [5.41, 5.74) is 2.20. The van der Waals surface area contributed by atoms with Crippen molar-refractivity contribution in [1.29, 1.82) is 0 Å². The maximum absolute atomic E-state index is 13.8. The first kappa shape index (κ1) is 30.7. The van der Waals surface area contributed by atoms with Crippen molar-refractivity contribution in [1.82, 2.24) is 10.2 Å². The first-order chi connectivity index (χ1) is 19.2. The Morgan fingerprint density at radius 1 is 0.875 bits per heavy atom. The monoisotopic (exact) mass is 565 g/mol. The molecule has 0 bridgehead atoms. The number of unbranched alkanes of at least 4 members (excludes halogenated alkanes) is 1. The fourth-order valence-electron chi connectivity index (χ4n) is 4.27. The summed E-state index contributed by atoms with van der Waals surface area (Å²) in [6.45, 7) is 4.53. The van der Waals surface area contributed by atoms with Crippen molar-refractivity contribution >= 4 is 27.5 Å². The van der Waals surface area contributed by atoms with Crippen LogP contribution in [-0.2, 0) is 32.8 Å². The largest absolute Gasteiger partial charge is 0.489 e. The number of amides is 2. The fourth-order valence-corrected chi connectivity index (χ4v) is 5.12. The molecule has 8 nitrogen and oxygen atoms in total. The highest BCUT2D eigenvalue weighted by molar-refractivity contribution is 7.92. The Morgan fingerprint density at radius 2 is 1.48 bits per heavy atom. The van der Waals surface area contributed by atoms with Crippen LogP contribution < -0.4 is 14.4 Å². The van der Waals surface area contributed by atoms with Crippen molar-refractivity contribution in [2.45, 2.75) is 52.3 Å². The smallest absolute Gasteiger partial charge is 0.244 e. The van der Waals surface area contributed by atoms with Crippen LogP contribution in [0.3, 0.4) is 0 Å². The number of carbonyl (C=O) groups is 2. The Balaban J connectivity index is 1.81. The van der Waals surface area contributed by atoms with Gasteiger partial charge in [0.25, 0.3) is 0 Å². The Kier molecular flexibility index (Phi) is 11.6. The van der Waals surface area contributed by atoms with Crippen LogP contribution in [0.2, 0.25) is 0 Å². The zero-order valence-corrected chi connectivity index (χ0v) is 24.3. The summed E-state index contributed by atoms with van der Waals surface area (Å²) < 4.78 is 32.6. The molecule has 2 amide bonds. The van der Waals surface area contributed by atoms with Crippen LogP contribution in [0.4, 0.5) is 5.69 Å². The van der Waals surface area contributed by atoms with Gasteiger partial charge >= 0.3 is 0 Å². The molecular weight excluding hydrogens is 526 g/mol. The Morgan fingerprint density at radius 3 is 2.02 bits per heavy atom. The van der Waals surface area contributed by atoms with Gasteiger partial charge in [0.05, 0.1) is 11.9 Å². The molecule has 0 radical (unpaired) electrons. The Labute approximate surface area is 238 Å². The summed E-state index contributed by atoms with van der Waals surface area (Å²) in [6, 6.07) is 24.9. The van der Waals surface area contributed by atoms with Crippen LogP contribution in [0, 0.1) is 0 Å². The van der Waals surface area contributed by atoms with Crippen LogP contribution in [0.25, 0.3) is 0 Å². The van der Waals surface area contributed by atoms with E-state index in [1.165, 1.54) is 4.90 Å². The standard InChI is InChI=1S/C31H39N3O5S/c1-4-6-21-32-31(36)29(5-2)33(22-25-13-9-7-10-14-25)30(35)23-34(40(3,37)38)27-17-19-28(20-18-27)39-24-26-15-11-8-12-16-26/h7-20,29H,4-6,21-24H2,1-3H3,(H,32,36)/t29-/m1/s1. The molecule has 3 aromatic carbocycles. The van der Waals surface area contributed by atoms with Gasteiger partial charge in [-0.15, -0.1) is 0 Å². The lowest BCUT2D eigenvalue weighted by atomic mass is 10.1. The lowest BCUT2D eigenvalue weighted by molar-refractivity contribution is -0.140. The van der Waals surface area contributed by atoms with E-state index in [0.717, 1.165) is 34.5 Å². The molecule has 0 aliphatic rings. The molecule has 0 aliphatic carbocycles. The highest BCUT2D eigenvalue weighted by Gasteiger charge is 2.31. The summed E-state index contributed by atoms with van der Waals surface area (Å²) in [4.78, 5) is 28.3. The first-order valence-electron chi connectivity index (χ1n) is 13.6. The van der Waals surface area contributed by atoms with Gasteiger partial charge in [-0.2, -0.15) is 0 Å². The van der Waals surface area contributed by atoms with Crippen molar-refractivity contribution in [3.63, 3.8) is 0 Å². The van der Waals surface area contributed by atoms with Gasteiger partial charge in [-0.25, -0.2) is 8.42 Å². The van der Waals surface area contributed by atoms with Crippen LogP contribution in [-0.4, -0.2) is 50.5 Å². The van der Waals surface area contributed by atoms with Crippen LogP contribution >= 0.6 is 0 Å². The van der Waals surface area contributed by atoms with Gasteiger partial charge in [-0.3, -0.25) is 13.9 Å². The average Bonchev–Trinajstić information content (AvgIpc) is 2.95. The minimum absolute atomic E-state index is 0.184. The zero-order valence-electron chi connectivity index (χ0n) is 23.5. The Bertz CT molecular complexity index is 1320. The van der Waals surface area contributed by atoms with Crippen molar-refractivity contribution in [3.8, 4) is 5.75 Å². The molecule has 1 N–H and O–H groups in total. The molecule has 0 heterocycles. The molecule has 0 fully saturated rings. The van der Waals surface area contributed by atoms with E-state index < -0.39 is 28.5 Å². The zero-order chi connectivity index (χ0) is 29.0. The molecule has 214 valence electrons. The lowest BCUT2D eigenvalue weighted by Crippen LogP contribution is -2.52. The van der Waals surface area contributed by atoms with Gasteiger partial charge in [-0.05, 0) is 48.2 Å². The number of rotatable bonds is 15. The van der Waals surface area contributed by atoms with E-state index >= 15 is 0 Å². The van der Waals surface area contributed by atoms with Gasteiger partial charge in [-0.1, -0.05) is 80.9 Å². The molecule has 0 aliphatic heterocycles. The van der Waals surface area contributed by atoms with Crippen LogP contribution in [0.1, 0.15) is 44.2 Å². The van der Waals surface area contributed by atoms with E-state index in [-0.39, 0.29) is 12.5 Å². The van der Waals surface area contributed by atoms with Gasteiger partial charge in [0.2, 0.25) is 21.8 Å². The molecule has 3 rings (SSSR count). The normalized spacial score (nSPS) is 11.9. The maximum atomic E-state index is 13.8. The molecule has 3 aromatic rings. The molecule has 9 heteroatoms. The predicted molar refractivity (Wildman–Crippen MR) is 158 cm³/mol. The van der Waals surface area contributed by atoms with Gasteiger partial charge in [0.1, 0.15) is 24.9 Å². The molecular formula is C31H39N3O5S. The second-order valence-electron chi connectivity index (χ2n) is 9.61. The number of hydrogen-bond acceptors (Lipinski definition) is 5. The predicted octanol–water partition coefficient (Wildman–Crippen LogP) is 4.76. The SMILES string of the molecule is CCCCNC(=O)[C@@H](CC)N(Cc1ccccc1)C(=O)CN(c1ccc(OCc2ccccc2)cc1)S(C)(=O)=O. The molecule has 0 aromatic heterocycles. The average molecular weight is 566 g/mol. The summed E-state index contributed by atoms with van der Waals surface area (Å²) in [7, 11) is -3.81. The number of carbonyl (C=O) groups excluding carboxylic acids is 2. The number of hydrogen-bond donors (Lipinski definition) is 1. The number of anilines is 1. The molecule has 0 spiro atoms. The molecule has 0 saturated carbocycles. The number of nitrogens with zero attached hydrogens (tertiary/aromatic N) is 2. The van der Waals surface area contributed by atoms with Crippen molar-refractivity contribution < 1.29 is 22.7 Å². The van der Waals surface area contributed by atoms with Crippen molar-refractivity contribution in [3.05, 3.63) is 96.1 Å². The third kappa shape index (κ3) is 9.12. The first-order valence-corrected chi connectivity index (χ1v) is 15.4. The minimum Gasteiger partial charge on any atom is -0.489 e. The van der Waals surface area contributed by atoms with Crippen LogP contribution in [0.5, 0.6) is 5.75 Å². The number of ether oxygens (including phenoxy) is 1. The second-order valence-corrected chi connectivity index (χ2v) is 11.5. The summed E-state index contributed by atoms with van der Waals surface area (Å²) in [5.74, 6) is -0.130. The van der Waals surface area contributed by atoms with Crippen molar-refractivity contribution in [2.24, 2.45) is 0 Å². The van der Waals surface area contributed by atoms with Gasteiger partial charge < -0.3 is 15.0 Å². The third-order valence-corrected chi connectivity index (χ3v) is 7.60. The molecule has 1 atom stereocenters. The maximum Gasteiger partial charge on any atom is 0.244 e. The minimum atomic E-state index is -3.81. The summed E-state index contributed by atoms with van der Waals surface area (Å²) >= 11 is 0. The van der Waals surface area contributed by atoms with E-state index in [1.54, 1.807) is 24.3 Å². The topological polar surface area (TPSA) is 96.0 Å². The third-order valence-electron chi connectivity index (χ3n) is 6.46. The molecule has 0 saturated heterocycles. The fraction of sp³-hybridized carbons (Fsp3) is 0.355. The van der Waals surface area contributed by atoms with E-state index in [2.05, 4.69) is 5.32 Å². The lowest BCUT2D eigenvalue weighted by Gasteiger charge is -2.33. The van der Waals surface area contributed by atoms with E-state index in [1.807, 2.05) is 74.5 Å². The quantitative estimate of drug-likeness (QED) is 0.268. The molecule has 40 heavy (non-hydrogen) atoms. The van der Waals surface area contributed by atoms with Gasteiger partial charge in [0.15, 0.2) is 0 Å². The van der Waals surface area contributed by atoms with Crippen LogP contribution in [0.15, 0.2) is 84.9 Å². The van der Waals surface area contributed by atoms with E-state index in [4.69, 9.17) is 4.74 Å². The summed E-state index contributed by atoms with van der Waals surface area (Å²) in [5, 5.41) is 2.92. The second kappa shape index (κ2) is 15.1. The molecule has 0 unspecified atom stereocenters. The van der Waals surface area contributed by atoms with Crippen molar-refractivity contribution in [2.75, 3.05) is 23.7 Å². The number of benzene rings is 3. The number of nitrogens with one attached hydrogen (secondary N) is 1. The summed E-state index contributed by atoms with van der Waals surface area (Å²) in [6.07, 6.45) is 3.23.